The van der Waals surface area contributed by atoms with Crippen LogP contribution in [0.5, 0.6) is 5.75 Å². The lowest BCUT2D eigenvalue weighted by atomic mass is 10.2. The van der Waals surface area contributed by atoms with E-state index in [1.165, 1.54) is 18.2 Å². The third-order valence-corrected chi connectivity index (χ3v) is 2.02. The lowest BCUT2D eigenvalue weighted by molar-refractivity contribution is -0.385. The number of nitro benzene ring substituents is 1. The minimum Gasteiger partial charge on any atom is -0.419 e. The summed E-state index contributed by atoms with van der Waals surface area (Å²) in [4.78, 5) is 21.4. The Hall–Kier alpha value is -1.91. The van der Waals surface area contributed by atoms with E-state index in [4.69, 9.17) is 4.74 Å². The van der Waals surface area contributed by atoms with Crippen molar-refractivity contribution in [3.8, 4) is 5.75 Å². The summed E-state index contributed by atoms with van der Waals surface area (Å²) in [5, 5.41) is 10.6. The van der Waals surface area contributed by atoms with Gasteiger partial charge in [0.15, 0.2) is 0 Å². The number of benzene rings is 1. The lowest BCUT2D eigenvalue weighted by Gasteiger charge is -2.03. The van der Waals surface area contributed by atoms with Gasteiger partial charge >= 0.3 is 11.7 Å². The highest BCUT2D eigenvalue weighted by atomic mass is 16.6. The maximum Gasteiger partial charge on any atom is 0.311 e. The second-order valence-corrected chi connectivity index (χ2v) is 3.30. The standard InChI is InChI=1S/C11H13NO4/c1-2-3-8-11(13)16-10-7-5-4-6-9(10)12(14)15/h4-7H,2-3,8H2,1H3. The molecule has 0 unspecified atom stereocenters. The third-order valence-electron chi connectivity index (χ3n) is 2.02. The predicted molar refractivity (Wildman–Crippen MR) is 58.3 cm³/mol. The molecule has 86 valence electrons. The highest BCUT2D eigenvalue weighted by Gasteiger charge is 2.16. The van der Waals surface area contributed by atoms with E-state index in [9.17, 15) is 14.9 Å². The number of nitrogens with zero attached hydrogens (tertiary/aromatic N) is 1. The van der Waals surface area contributed by atoms with E-state index in [1.54, 1.807) is 6.07 Å². The SMILES string of the molecule is CCCCC(=O)Oc1ccccc1[N+](=O)[O-]. The zero-order valence-electron chi connectivity index (χ0n) is 9.01. The number of para-hydroxylation sites is 2. The molecule has 5 nitrogen and oxygen atoms in total. The van der Waals surface area contributed by atoms with E-state index in [1.807, 2.05) is 6.92 Å². The first-order valence-corrected chi connectivity index (χ1v) is 5.09. The molecular weight excluding hydrogens is 210 g/mol. The monoisotopic (exact) mass is 223 g/mol. The number of unbranched alkanes of at least 4 members (excludes halogenated alkanes) is 1. The molecular formula is C11H13NO4. The van der Waals surface area contributed by atoms with Gasteiger partial charge in [-0.25, -0.2) is 0 Å². The first-order valence-electron chi connectivity index (χ1n) is 5.09. The number of ether oxygens (including phenoxy) is 1. The van der Waals surface area contributed by atoms with E-state index in [-0.39, 0.29) is 17.9 Å². The van der Waals surface area contributed by atoms with Gasteiger partial charge in [-0.05, 0) is 12.5 Å². The minimum atomic E-state index is -0.567. The first-order chi connectivity index (χ1) is 7.65. The molecule has 0 saturated carbocycles. The van der Waals surface area contributed by atoms with Crippen molar-refractivity contribution in [3.05, 3.63) is 34.4 Å². The van der Waals surface area contributed by atoms with Gasteiger partial charge in [0.2, 0.25) is 5.75 Å². The van der Waals surface area contributed by atoms with Gasteiger partial charge in [-0.15, -0.1) is 0 Å². The molecule has 0 bridgehead atoms. The first kappa shape index (κ1) is 12.2. The Morgan fingerprint density at radius 2 is 2.12 bits per heavy atom. The molecule has 5 heteroatoms. The number of hydrogen-bond acceptors (Lipinski definition) is 4. The van der Waals surface area contributed by atoms with Crippen LogP contribution in [0.4, 0.5) is 5.69 Å². The normalized spacial score (nSPS) is 9.81. The van der Waals surface area contributed by atoms with Crippen LogP contribution >= 0.6 is 0 Å². The van der Waals surface area contributed by atoms with Crippen LogP contribution in [0.25, 0.3) is 0 Å². The Morgan fingerprint density at radius 1 is 1.44 bits per heavy atom. The molecule has 0 atom stereocenters. The number of carbonyl (C=O) groups excluding carboxylic acids is 1. The van der Waals surface area contributed by atoms with E-state index in [2.05, 4.69) is 0 Å². The summed E-state index contributed by atoms with van der Waals surface area (Å²) in [7, 11) is 0. The lowest BCUT2D eigenvalue weighted by Crippen LogP contribution is -2.08. The van der Waals surface area contributed by atoms with Gasteiger partial charge in [0.05, 0.1) is 4.92 Å². The molecule has 0 aliphatic carbocycles. The van der Waals surface area contributed by atoms with Gasteiger partial charge in [-0.3, -0.25) is 14.9 Å². The molecule has 0 aliphatic rings. The number of nitro groups is 1. The van der Waals surface area contributed by atoms with E-state index < -0.39 is 10.9 Å². The summed E-state index contributed by atoms with van der Waals surface area (Å²) in [6, 6.07) is 5.85. The maximum absolute atomic E-state index is 11.3. The Morgan fingerprint density at radius 3 is 2.75 bits per heavy atom. The summed E-state index contributed by atoms with van der Waals surface area (Å²) >= 11 is 0. The van der Waals surface area contributed by atoms with Crippen molar-refractivity contribution in [1.82, 2.24) is 0 Å². The summed E-state index contributed by atoms with van der Waals surface area (Å²) in [6.07, 6.45) is 1.88. The maximum atomic E-state index is 11.3. The number of rotatable bonds is 5. The molecule has 0 aromatic heterocycles. The fourth-order valence-corrected chi connectivity index (χ4v) is 1.19. The quantitative estimate of drug-likeness (QED) is 0.333. The highest BCUT2D eigenvalue weighted by molar-refractivity contribution is 5.73. The molecule has 1 aromatic carbocycles. The van der Waals surface area contributed by atoms with Gasteiger partial charge in [-0.1, -0.05) is 25.5 Å². The molecule has 0 spiro atoms. The third kappa shape index (κ3) is 3.34. The highest BCUT2D eigenvalue weighted by Crippen LogP contribution is 2.26. The van der Waals surface area contributed by atoms with Crippen LogP contribution in [-0.2, 0) is 4.79 Å². The van der Waals surface area contributed by atoms with Crippen LogP contribution in [0.1, 0.15) is 26.2 Å². The van der Waals surface area contributed by atoms with Gasteiger partial charge in [0.1, 0.15) is 0 Å². The zero-order valence-corrected chi connectivity index (χ0v) is 9.01. The molecule has 1 aromatic rings. The van der Waals surface area contributed by atoms with Crippen molar-refractivity contribution in [2.24, 2.45) is 0 Å². The molecule has 0 saturated heterocycles. The van der Waals surface area contributed by atoms with E-state index >= 15 is 0 Å². The van der Waals surface area contributed by atoms with Gasteiger partial charge < -0.3 is 4.74 Å². The number of esters is 1. The van der Waals surface area contributed by atoms with Crippen LogP contribution in [0.15, 0.2) is 24.3 Å². The van der Waals surface area contributed by atoms with Crippen molar-refractivity contribution < 1.29 is 14.5 Å². The molecule has 0 radical (unpaired) electrons. The van der Waals surface area contributed by atoms with Crippen molar-refractivity contribution in [2.75, 3.05) is 0 Å². The van der Waals surface area contributed by atoms with E-state index in [0.29, 0.717) is 0 Å². The Labute approximate surface area is 93.2 Å². The molecule has 16 heavy (non-hydrogen) atoms. The fraction of sp³-hybridized carbons (Fsp3) is 0.364. The average molecular weight is 223 g/mol. The van der Waals surface area contributed by atoms with Crippen LogP contribution in [0.2, 0.25) is 0 Å². The zero-order chi connectivity index (χ0) is 12.0. The Balaban J connectivity index is 2.73. The van der Waals surface area contributed by atoms with Crippen molar-refractivity contribution >= 4 is 11.7 Å². The molecule has 0 aliphatic heterocycles. The molecule has 0 amide bonds. The second-order valence-electron chi connectivity index (χ2n) is 3.30. The average Bonchev–Trinajstić information content (AvgIpc) is 2.27. The molecule has 1 rings (SSSR count). The largest absolute Gasteiger partial charge is 0.419 e. The van der Waals surface area contributed by atoms with Crippen LogP contribution in [0.3, 0.4) is 0 Å². The van der Waals surface area contributed by atoms with Crippen molar-refractivity contribution in [1.29, 1.82) is 0 Å². The van der Waals surface area contributed by atoms with E-state index in [0.717, 1.165) is 12.8 Å². The van der Waals surface area contributed by atoms with Crippen molar-refractivity contribution in [3.63, 3.8) is 0 Å². The van der Waals surface area contributed by atoms with Crippen LogP contribution in [-0.4, -0.2) is 10.9 Å². The van der Waals surface area contributed by atoms with Gasteiger partial charge in [0, 0.05) is 12.5 Å². The topological polar surface area (TPSA) is 69.4 Å². The summed E-state index contributed by atoms with van der Waals surface area (Å²) in [5.74, 6) is -0.426. The molecule has 0 heterocycles. The molecule has 0 N–H and O–H groups in total. The summed E-state index contributed by atoms with van der Waals surface area (Å²) in [5.41, 5.74) is -0.188. The van der Waals surface area contributed by atoms with Gasteiger partial charge in [0.25, 0.3) is 0 Å². The second kappa shape index (κ2) is 5.85. The Kier molecular flexibility index (Phi) is 4.44. The number of hydrogen-bond donors (Lipinski definition) is 0. The van der Waals surface area contributed by atoms with Crippen molar-refractivity contribution in [2.45, 2.75) is 26.2 Å². The summed E-state index contributed by atoms with van der Waals surface area (Å²) in [6.45, 7) is 1.96. The van der Waals surface area contributed by atoms with Crippen LogP contribution < -0.4 is 4.74 Å². The van der Waals surface area contributed by atoms with Crippen LogP contribution in [0, 0.1) is 10.1 Å². The molecule has 0 fully saturated rings. The smallest absolute Gasteiger partial charge is 0.311 e. The summed E-state index contributed by atoms with van der Waals surface area (Å²) < 4.78 is 4.93. The number of carbonyl (C=O) groups is 1. The van der Waals surface area contributed by atoms with Gasteiger partial charge in [-0.2, -0.15) is 0 Å². The minimum absolute atomic E-state index is 0.00797. The Bertz CT molecular complexity index is 389. The predicted octanol–water partition coefficient (Wildman–Crippen LogP) is 2.69. The fourth-order valence-electron chi connectivity index (χ4n) is 1.19.